The summed E-state index contributed by atoms with van der Waals surface area (Å²) in [6.45, 7) is 2.55. The van der Waals surface area contributed by atoms with E-state index in [1.807, 2.05) is 6.92 Å². The van der Waals surface area contributed by atoms with Crippen LogP contribution in [0, 0.1) is 0 Å². The maximum Gasteiger partial charge on any atom is 0.419 e. The van der Waals surface area contributed by atoms with Crippen molar-refractivity contribution in [2.24, 2.45) is 0 Å². The normalized spacial score (nSPS) is 11.7. The van der Waals surface area contributed by atoms with E-state index in [1.165, 1.54) is 0 Å². The number of aromatic nitrogens is 5. The summed E-state index contributed by atoms with van der Waals surface area (Å²) in [5.74, 6) is 0.102. The number of hydrogen-bond donors (Lipinski definition) is 1. The van der Waals surface area contributed by atoms with Gasteiger partial charge in [0.1, 0.15) is 0 Å². The molecule has 0 radical (unpaired) electrons. The van der Waals surface area contributed by atoms with Gasteiger partial charge in [-0.3, -0.25) is 0 Å². The van der Waals surface area contributed by atoms with E-state index in [4.69, 9.17) is 11.6 Å². The summed E-state index contributed by atoms with van der Waals surface area (Å²) in [5, 5.41) is 6.32. The van der Waals surface area contributed by atoms with Gasteiger partial charge in [0.05, 0.1) is 11.8 Å². The average Bonchev–Trinajstić information content (AvgIpc) is 2.85. The Morgan fingerprint density at radius 2 is 2.05 bits per heavy atom. The van der Waals surface area contributed by atoms with Crippen molar-refractivity contribution in [1.82, 2.24) is 24.7 Å². The van der Waals surface area contributed by atoms with E-state index >= 15 is 0 Å². The molecule has 0 unspecified atom stereocenters. The zero-order chi connectivity index (χ0) is 14.8. The van der Waals surface area contributed by atoms with Crippen molar-refractivity contribution in [3.63, 3.8) is 0 Å². The van der Waals surface area contributed by atoms with Crippen LogP contribution in [0.1, 0.15) is 18.9 Å². The average molecular weight is 307 g/mol. The first-order chi connectivity index (χ1) is 9.40. The molecule has 2 aromatic heterocycles. The number of anilines is 1. The van der Waals surface area contributed by atoms with Gasteiger partial charge in [0.25, 0.3) is 5.95 Å². The van der Waals surface area contributed by atoms with Crippen LogP contribution in [0.3, 0.4) is 0 Å². The Kier molecular flexibility index (Phi) is 4.07. The molecule has 0 atom stereocenters. The van der Waals surface area contributed by atoms with Gasteiger partial charge < -0.3 is 5.32 Å². The fourth-order valence-corrected chi connectivity index (χ4v) is 1.49. The van der Waals surface area contributed by atoms with Crippen molar-refractivity contribution in [1.29, 1.82) is 0 Å². The highest BCUT2D eigenvalue weighted by Gasteiger charge is 2.32. The highest BCUT2D eigenvalue weighted by molar-refractivity contribution is 6.28. The van der Waals surface area contributed by atoms with Crippen molar-refractivity contribution >= 4 is 17.5 Å². The quantitative estimate of drug-likeness (QED) is 0.940. The monoisotopic (exact) mass is 306 g/mol. The SMILES string of the molecule is CCCNc1nc(Cl)nc(-n2cc(C(F)(F)F)cn2)n1. The van der Waals surface area contributed by atoms with Crippen molar-refractivity contribution < 1.29 is 13.2 Å². The van der Waals surface area contributed by atoms with E-state index in [-0.39, 0.29) is 17.2 Å². The van der Waals surface area contributed by atoms with E-state index in [9.17, 15) is 13.2 Å². The lowest BCUT2D eigenvalue weighted by Crippen LogP contribution is -2.10. The van der Waals surface area contributed by atoms with Crippen LogP contribution in [0.25, 0.3) is 5.95 Å². The summed E-state index contributed by atoms with van der Waals surface area (Å²) in [7, 11) is 0. The molecular weight excluding hydrogens is 297 g/mol. The first-order valence-electron chi connectivity index (χ1n) is 5.68. The van der Waals surface area contributed by atoms with Crippen LogP contribution < -0.4 is 5.32 Å². The number of hydrogen-bond acceptors (Lipinski definition) is 5. The first kappa shape index (κ1) is 14.5. The van der Waals surface area contributed by atoms with Gasteiger partial charge in [-0.1, -0.05) is 6.92 Å². The van der Waals surface area contributed by atoms with Crippen molar-refractivity contribution in [2.45, 2.75) is 19.5 Å². The van der Waals surface area contributed by atoms with Gasteiger partial charge in [-0.15, -0.1) is 0 Å². The van der Waals surface area contributed by atoms with Crippen molar-refractivity contribution in [2.75, 3.05) is 11.9 Å². The second kappa shape index (κ2) is 5.61. The molecule has 0 saturated heterocycles. The highest BCUT2D eigenvalue weighted by atomic mass is 35.5. The molecule has 2 heterocycles. The number of nitrogens with zero attached hydrogens (tertiary/aromatic N) is 5. The van der Waals surface area contributed by atoms with E-state index < -0.39 is 11.7 Å². The van der Waals surface area contributed by atoms with E-state index in [0.29, 0.717) is 12.7 Å². The summed E-state index contributed by atoms with van der Waals surface area (Å²) >= 11 is 5.71. The number of alkyl halides is 3. The fourth-order valence-electron chi connectivity index (χ4n) is 1.34. The van der Waals surface area contributed by atoms with Gasteiger partial charge in [-0.05, 0) is 18.0 Å². The fraction of sp³-hybridized carbons (Fsp3) is 0.400. The standard InChI is InChI=1S/C10H10ClF3N6/c1-2-3-15-8-17-7(11)18-9(19-8)20-5-6(4-16-20)10(12,13)14/h4-5H,2-3H2,1H3,(H,15,17,18,19). The lowest BCUT2D eigenvalue weighted by atomic mass is 10.4. The van der Waals surface area contributed by atoms with Crippen LogP contribution in [0.15, 0.2) is 12.4 Å². The molecule has 6 nitrogen and oxygen atoms in total. The second-order valence-electron chi connectivity index (χ2n) is 3.83. The zero-order valence-electron chi connectivity index (χ0n) is 10.3. The van der Waals surface area contributed by atoms with Crippen LogP contribution in [-0.4, -0.2) is 31.3 Å². The molecule has 0 aliphatic rings. The topological polar surface area (TPSA) is 68.5 Å². The van der Waals surface area contributed by atoms with Gasteiger partial charge in [-0.25, -0.2) is 4.68 Å². The Hall–Kier alpha value is -1.90. The van der Waals surface area contributed by atoms with E-state index in [0.717, 1.165) is 17.3 Å². The number of nitrogens with one attached hydrogen (secondary N) is 1. The molecular formula is C10H10ClF3N6. The summed E-state index contributed by atoms with van der Waals surface area (Å²) in [5.41, 5.74) is -0.892. The molecule has 0 fully saturated rings. The predicted molar refractivity (Wildman–Crippen MR) is 65.7 cm³/mol. The lowest BCUT2D eigenvalue weighted by molar-refractivity contribution is -0.137. The van der Waals surface area contributed by atoms with Gasteiger partial charge >= 0.3 is 6.18 Å². The largest absolute Gasteiger partial charge is 0.419 e. The molecule has 0 amide bonds. The first-order valence-corrected chi connectivity index (χ1v) is 6.05. The molecule has 10 heteroatoms. The zero-order valence-corrected chi connectivity index (χ0v) is 11.1. The summed E-state index contributed by atoms with van der Waals surface area (Å²) in [6, 6.07) is 0. The third kappa shape index (κ3) is 3.35. The van der Waals surface area contributed by atoms with Gasteiger partial charge in [0.15, 0.2) is 0 Å². The number of halogens is 4. The van der Waals surface area contributed by atoms with E-state index in [2.05, 4.69) is 25.4 Å². The van der Waals surface area contributed by atoms with Gasteiger partial charge in [0, 0.05) is 12.7 Å². The Morgan fingerprint density at radius 3 is 2.65 bits per heavy atom. The molecule has 0 aliphatic heterocycles. The second-order valence-corrected chi connectivity index (χ2v) is 4.16. The maximum atomic E-state index is 12.5. The third-order valence-corrected chi connectivity index (χ3v) is 2.41. The van der Waals surface area contributed by atoms with Crippen LogP contribution >= 0.6 is 11.6 Å². The van der Waals surface area contributed by atoms with Crippen LogP contribution in [0.4, 0.5) is 19.1 Å². The van der Waals surface area contributed by atoms with Crippen molar-refractivity contribution in [3.05, 3.63) is 23.2 Å². The molecule has 2 aromatic rings. The minimum Gasteiger partial charge on any atom is -0.354 e. The molecule has 0 saturated carbocycles. The molecule has 2 rings (SSSR count). The molecule has 0 aliphatic carbocycles. The Labute approximate surface area is 117 Å². The molecule has 20 heavy (non-hydrogen) atoms. The predicted octanol–water partition coefficient (Wildman–Crippen LogP) is 2.55. The molecule has 0 bridgehead atoms. The molecule has 108 valence electrons. The Bertz CT molecular complexity index is 597. The van der Waals surface area contributed by atoms with Gasteiger partial charge in [0.2, 0.25) is 11.2 Å². The van der Waals surface area contributed by atoms with Crippen molar-refractivity contribution in [3.8, 4) is 5.95 Å². The smallest absolute Gasteiger partial charge is 0.354 e. The molecule has 0 aromatic carbocycles. The summed E-state index contributed by atoms with van der Waals surface area (Å²) < 4.78 is 38.4. The minimum absolute atomic E-state index is 0.0842. The van der Waals surface area contributed by atoms with Gasteiger partial charge in [-0.2, -0.15) is 33.2 Å². The van der Waals surface area contributed by atoms with Crippen LogP contribution in [0.2, 0.25) is 5.28 Å². The van der Waals surface area contributed by atoms with Crippen LogP contribution in [-0.2, 0) is 6.18 Å². The molecule has 1 N–H and O–H groups in total. The highest BCUT2D eigenvalue weighted by Crippen LogP contribution is 2.28. The minimum atomic E-state index is -4.47. The lowest BCUT2D eigenvalue weighted by Gasteiger charge is -2.05. The van der Waals surface area contributed by atoms with Crippen LogP contribution in [0.5, 0.6) is 0 Å². The summed E-state index contributed by atoms with van der Waals surface area (Å²) in [6.07, 6.45) is -2.16. The third-order valence-electron chi connectivity index (χ3n) is 2.24. The number of rotatable bonds is 4. The van der Waals surface area contributed by atoms with E-state index in [1.54, 1.807) is 0 Å². The molecule has 0 spiro atoms. The Morgan fingerprint density at radius 1 is 1.30 bits per heavy atom. The maximum absolute atomic E-state index is 12.5. The summed E-state index contributed by atoms with van der Waals surface area (Å²) in [4.78, 5) is 11.5. The Balaban J connectivity index is 2.32.